The van der Waals surface area contributed by atoms with E-state index in [4.69, 9.17) is 8.94 Å². The zero-order chi connectivity index (χ0) is 16.4. The maximum atomic E-state index is 11.0. The van der Waals surface area contributed by atoms with Gasteiger partial charge in [0.05, 0.1) is 4.92 Å². The molecule has 0 unspecified atom stereocenters. The molecular formula is C16H11BrN2O4. The van der Waals surface area contributed by atoms with E-state index in [1.165, 1.54) is 13.0 Å². The van der Waals surface area contributed by atoms with Gasteiger partial charge in [0.25, 0.3) is 0 Å². The summed E-state index contributed by atoms with van der Waals surface area (Å²) in [5.41, 5.74) is 1.04. The number of nitrogens with zero attached hydrogens (tertiary/aromatic N) is 2. The summed E-state index contributed by atoms with van der Waals surface area (Å²) in [7, 11) is 0. The molecule has 0 bridgehead atoms. The van der Waals surface area contributed by atoms with Gasteiger partial charge in [-0.3, -0.25) is 10.1 Å². The van der Waals surface area contributed by atoms with Crippen LogP contribution in [0.5, 0.6) is 0 Å². The smallest absolute Gasteiger partial charge is 0.338 e. The molecule has 0 aliphatic rings. The van der Waals surface area contributed by atoms with Crippen LogP contribution in [0.15, 0.2) is 49.8 Å². The predicted octanol–water partition coefficient (Wildman–Crippen LogP) is 5.08. The molecule has 0 amide bonds. The molecule has 0 spiro atoms. The molecule has 0 saturated heterocycles. The van der Waals surface area contributed by atoms with Crippen molar-refractivity contribution in [1.82, 2.24) is 5.16 Å². The van der Waals surface area contributed by atoms with Crippen LogP contribution in [-0.2, 0) is 0 Å². The van der Waals surface area contributed by atoms with Crippen molar-refractivity contribution in [1.29, 1.82) is 0 Å². The number of hydrogen-bond acceptors (Lipinski definition) is 5. The van der Waals surface area contributed by atoms with E-state index >= 15 is 0 Å². The Labute approximate surface area is 139 Å². The lowest BCUT2D eigenvalue weighted by Gasteiger charge is -1.96. The number of benzene rings is 1. The third-order valence-corrected chi connectivity index (χ3v) is 3.72. The average Bonchev–Trinajstić information content (AvgIpc) is 3.12. The summed E-state index contributed by atoms with van der Waals surface area (Å²) in [6.07, 6.45) is 3.08. The number of rotatable bonds is 4. The summed E-state index contributed by atoms with van der Waals surface area (Å²) in [4.78, 5) is 10.5. The topological polar surface area (TPSA) is 82.3 Å². The van der Waals surface area contributed by atoms with E-state index in [-0.39, 0.29) is 17.1 Å². The second kappa shape index (κ2) is 6.21. The second-order valence-corrected chi connectivity index (χ2v) is 5.70. The molecule has 2 aromatic heterocycles. The number of aromatic nitrogens is 1. The monoisotopic (exact) mass is 374 g/mol. The van der Waals surface area contributed by atoms with Gasteiger partial charge in [0.2, 0.25) is 5.76 Å². The number of hydrogen-bond donors (Lipinski definition) is 0. The van der Waals surface area contributed by atoms with Crippen molar-refractivity contribution in [3.63, 3.8) is 0 Å². The molecule has 3 aromatic rings. The Hall–Kier alpha value is -2.67. The van der Waals surface area contributed by atoms with Crippen LogP contribution < -0.4 is 0 Å². The van der Waals surface area contributed by atoms with E-state index in [1.807, 2.05) is 30.3 Å². The highest BCUT2D eigenvalue weighted by atomic mass is 79.9. The van der Waals surface area contributed by atoms with Crippen LogP contribution in [-0.4, -0.2) is 10.1 Å². The van der Waals surface area contributed by atoms with E-state index in [0.29, 0.717) is 11.5 Å². The molecule has 0 aliphatic heterocycles. The quantitative estimate of drug-likeness (QED) is 0.469. The zero-order valence-electron chi connectivity index (χ0n) is 12.0. The van der Waals surface area contributed by atoms with Crippen molar-refractivity contribution in [2.45, 2.75) is 6.92 Å². The van der Waals surface area contributed by atoms with E-state index in [9.17, 15) is 10.1 Å². The lowest BCUT2D eigenvalue weighted by Crippen LogP contribution is -1.89. The molecule has 23 heavy (non-hydrogen) atoms. The molecule has 0 aliphatic carbocycles. The van der Waals surface area contributed by atoms with E-state index in [0.717, 1.165) is 10.0 Å². The van der Waals surface area contributed by atoms with Gasteiger partial charge in [-0.05, 0) is 43.3 Å². The first-order valence-corrected chi connectivity index (χ1v) is 7.48. The summed E-state index contributed by atoms with van der Waals surface area (Å²) in [6.45, 7) is 1.53. The normalized spacial score (nSPS) is 11.2. The first-order chi connectivity index (χ1) is 11.0. The summed E-state index contributed by atoms with van der Waals surface area (Å²) in [6, 6.07) is 11.3. The van der Waals surface area contributed by atoms with E-state index in [1.54, 1.807) is 12.1 Å². The molecule has 0 radical (unpaired) electrons. The number of halogens is 1. The number of aryl methyl sites for hydroxylation is 1. The molecule has 7 heteroatoms. The molecule has 0 N–H and O–H groups in total. The van der Waals surface area contributed by atoms with Crippen molar-refractivity contribution in [3.05, 3.63) is 68.2 Å². The lowest BCUT2D eigenvalue weighted by atomic mass is 10.2. The number of nitro groups is 1. The van der Waals surface area contributed by atoms with Crippen LogP contribution in [0.4, 0.5) is 5.69 Å². The van der Waals surface area contributed by atoms with Gasteiger partial charge in [-0.15, -0.1) is 0 Å². The second-order valence-electron chi connectivity index (χ2n) is 4.78. The van der Waals surface area contributed by atoms with Gasteiger partial charge in [0.1, 0.15) is 11.5 Å². The van der Waals surface area contributed by atoms with Gasteiger partial charge in [-0.25, -0.2) is 0 Å². The Morgan fingerprint density at radius 3 is 2.61 bits per heavy atom. The third kappa shape index (κ3) is 3.24. The van der Waals surface area contributed by atoms with Crippen molar-refractivity contribution >= 4 is 33.8 Å². The minimum Gasteiger partial charge on any atom is -0.457 e. The number of furan rings is 1. The predicted molar refractivity (Wildman–Crippen MR) is 88.7 cm³/mol. The van der Waals surface area contributed by atoms with Crippen LogP contribution in [0, 0.1) is 17.0 Å². The highest BCUT2D eigenvalue weighted by Gasteiger charge is 2.22. The Kier molecular flexibility index (Phi) is 4.12. The average molecular weight is 375 g/mol. The highest BCUT2D eigenvalue weighted by molar-refractivity contribution is 9.10. The van der Waals surface area contributed by atoms with Crippen LogP contribution in [0.25, 0.3) is 23.5 Å². The summed E-state index contributed by atoms with van der Waals surface area (Å²) in [5.74, 6) is 1.36. The van der Waals surface area contributed by atoms with Gasteiger partial charge in [0, 0.05) is 10.0 Å². The van der Waals surface area contributed by atoms with Crippen molar-refractivity contribution in [2.24, 2.45) is 0 Å². The van der Waals surface area contributed by atoms with Crippen LogP contribution in [0.2, 0.25) is 0 Å². The fraction of sp³-hybridized carbons (Fsp3) is 0.0625. The Balaban J connectivity index is 1.84. The van der Waals surface area contributed by atoms with Gasteiger partial charge >= 0.3 is 5.69 Å². The van der Waals surface area contributed by atoms with Crippen molar-refractivity contribution in [3.8, 4) is 11.3 Å². The van der Waals surface area contributed by atoms with Gasteiger partial charge in [-0.1, -0.05) is 33.2 Å². The minimum atomic E-state index is -0.513. The minimum absolute atomic E-state index is 0.0918. The van der Waals surface area contributed by atoms with E-state index in [2.05, 4.69) is 21.1 Å². The summed E-state index contributed by atoms with van der Waals surface area (Å²) >= 11 is 3.38. The third-order valence-electron chi connectivity index (χ3n) is 3.19. The molecular weight excluding hydrogens is 364 g/mol. The molecule has 0 atom stereocenters. The summed E-state index contributed by atoms with van der Waals surface area (Å²) in [5, 5.41) is 14.6. The lowest BCUT2D eigenvalue weighted by molar-refractivity contribution is -0.386. The molecule has 6 nitrogen and oxygen atoms in total. The Morgan fingerprint density at radius 1 is 1.17 bits per heavy atom. The molecule has 3 rings (SSSR count). The Bertz CT molecular complexity index is 878. The molecule has 0 saturated carbocycles. The van der Waals surface area contributed by atoms with E-state index < -0.39 is 4.92 Å². The Morgan fingerprint density at radius 2 is 1.91 bits per heavy atom. The molecule has 2 heterocycles. The molecule has 116 valence electrons. The van der Waals surface area contributed by atoms with Crippen LogP contribution >= 0.6 is 15.9 Å². The van der Waals surface area contributed by atoms with Crippen LogP contribution in [0.1, 0.15) is 17.2 Å². The summed E-state index contributed by atoms with van der Waals surface area (Å²) < 4.78 is 11.6. The fourth-order valence-electron chi connectivity index (χ4n) is 2.08. The zero-order valence-corrected chi connectivity index (χ0v) is 13.6. The maximum Gasteiger partial charge on any atom is 0.338 e. The van der Waals surface area contributed by atoms with Gasteiger partial charge < -0.3 is 8.94 Å². The standard InChI is InChI=1S/C16H11BrN2O4/c1-10-16(19(20)21)15(23-18-10)9-7-13-6-8-14(22-13)11-2-4-12(17)5-3-11/h2-9H,1H3/b9-7+. The first kappa shape index (κ1) is 15.2. The van der Waals surface area contributed by atoms with Crippen molar-refractivity contribution < 1.29 is 13.9 Å². The van der Waals surface area contributed by atoms with Crippen molar-refractivity contribution in [2.75, 3.05) is 0 Å². The molecule has 1 aromatic carbocycles. The van der Waals surface area contributed by atoms with Gasteiger partial charge in [0.15, 0.2) is 5.69 Å². The SMILES string of the molecule is Cc1noc(/C=C/c2ccc(-c3ccc(Br)cc3)o2)c1[N+](=O)[O-]. The largest absolute Gasteiger partial charge is 0.457 e. The molecule has 0 fully saturated rings. The first-order valence-electron chi connectivity index (χ1n) is 6.69. The maximum absolute atomic E-state index is 11.0. The van der Waals surface area contributed by atoms with Crippen LogP contribution in [0.3, 0.4) is 0 Å². The van der Waals surface area contributed by atoms with Gasteiger partial charge in [-0.2, -0.15) is 0 Å². The highest BCUT2D eigenvalue weighted by Crippen LogP contribution is 2.27. The fourth-order valence-corrected chi connectivity index (χ4v) is 2.35.